The van der Waals surface area contributed by atoms with Gasteiger partial charge in [-0.05, 0) is 19.0 Å². The summed E-state index contributed by atoms with van der Waals surface area (Å²) in [5.41, 5.74) is 1.35. The zero-order chi connectivity index (χ0) is 11.8. The van der Waals surface area contributed by atoms with Gasteiger partial charge in [-0.15, -0.1) is 0 Å². The minimum absolute atomic E-state index is 0.430. The van der Waals surface area contributed by atoms with Gasteiger partial charge < -0.3 is 14.2 Å². The van der Waals surface area contributed by atoms with E-state index < -0.39 is 9.28 Å². The van der Waals surface area contributed by atoms with E-state index in [1.807, 2.05) is 13.1 Å². The van der Waals surface area contributed by atoms with E-state index in [2.05, 4.69) is 29.6 Å². The summed E-state index contributed by atoms with van der Waals surface area (Å²) in [5, 5.41) is 3.32. The van der Waals surface area contributed by atoms with Gasteiger partial charge in [0, 0.05) is 26.3 Å². The standard InChI is InChI=1S/C12H21NO2Si/c1-13-12(10-16(14-2)15-3)9-11-7-5-4-6-8-11/h4-8,12-13,16H,9-10H2,1-3H3. The van der Waals surface area contributed by atoms with Crippen LogP contribution in [0.2, 0.25) is 6.04 Å². The molecule has 0 aromatic heterocycles. The minimum atomic E-state index is -1.47. The lowest BCUT2D eigenvalue weighted by molar-refractivity contribution is 0.272. The van der Waals surface area contributed by atoms with Crippen molar-refractivity contribution in [3.63, 3.8) is 0 Å². The second-order valence-corrected chi connectivity index (χ2v) is 6.09. The molecule has 0 fully saturated rings. The van der Waals surface area contributed by atoms with Crippen LogP contribution in [0.5, 0.6) is 0 Å². The molecule has 0 aliphatic carbocycles. The van der Waals surface area contributed by atoms with Crippen LogP contribution in [0.25, 0.3) is 0 Å². The smallest absolute Gasteiger partial charge is 0.322 e. The molecular weight excluding hydrogens is 218 g/mol. The van der Waals surface area contributed by atoms with Crippen LogP contribution in [0, 0.1) is 0 Å². The average Bonchev–Trinajstić information content (AvgIpc) is 2.35. The molecular formula is C12H21NO2Si. The molecule has 4 heteroatoms. The Kier molecular flexibility index (Phi) is 6.33. The van der Waals surface area contributed by atoms with E-state index >= 15 is 0 Å². The average molecular weight is 239 g/mol. The van der Waals surface area contributed by atoms with Crippen molar-refractivity contribution >= 4 is 9.28 Å². The third kappa shape index (κ3) is 4.45. The number of nitrogens with one attached hydrogen (secondary N) is 1. The second-order valence-electron chi connectivity index (χ2n) is 3.81. The number of likely N-dealkylation sites (N-methyl/N-ethyl adjacent to an activating group) is 1. The first kappa shape index (κ1) is 13.4. The molecule has 1 rings (SSSR count). The predicted molar refractivity (Wildman–Crippen MR) is 69.0 cm³/mol. The second kappa shape index (κ2) is 7.57. The summed E-state index contributed by atoms with van der Waals surface area (Å²) < 4.78 is 10.7. The van der Waals surface area contributed by atoms with E-state index in [1.54, 1.807) is 14.2 Å². The van der Waals surface area contributed by atoms with E-state index in [0.717, 1.165) is 12.5 Å². The van der Waals surface area contributed by atoms with Gasteiger partial charge in [-0.25, -0.2) is 0 Å². The van der Waals surface area contributed by atoms with E-state index in [9.17, 15) is 0 Å². The molecule has 0 heterocycles. The Balaban J connectivity index is 2.49. The SMILES string of the molecule is CNC(Cc1ccccc1)C[SiH](OC)OC. The van der Waals surface area contributed by atoms with Gasteiger partial charge in [0.15, 0.2) is 0 Å². The number of hydrogen-bond donors (Lipinski definition) is 1. The summed E-state index contributed by atoms with van der Waals surface area (Å²) in [5.74, 6) is 0. The van der Waals surface area contributed by atoms with Crippen molar-refractivity contribution in [1.82, 2.24) is 5.32 Å². The zero-order valence-corrected chi connectivity index (χ0v) is 11.4. The Hall–Kier alpha value is -0.683. The van der Waals surface area contributed by atoms with Crippen molar-refractivity contribution in [2.24, 2.45) is 0 Å². The Morgan fingerprint density at radius 1 is 1.19 bits per heavy atom. The van der Waals surface area contributed by atoms with Crippen molar-refractivity contribution in [2.75, 3.05) is 21.3 Å². The molecule has 16 heavy (non-hydrogen) atoms. The van der Waals surface area contributed by atoms with Gasteiger partial charge in [0.2, 0.25) is 0 Å². The maximum atomic E-state index is 5.35. The third-order valence-corrected chi connectivity index (χ3v) is 4.74. The fourth-order valence-corrected chi connectivity index (χ4v) is 3.17. The summed E-state index contributed by atoms with van der Waals surface area (Å²) in [4.78, 5) is 0. The first-order valence-corrected chi connectivity index (χ1v) is 7.32. The lowest BCUT2D eigenvalue weighted by atomic mass is 10.1. The van der Waals surface area contributed by atoms with Crippen molar-refractivity contribution in [3.05, 3.63) is 35.9 Å². The van der Waals surface area contributed by atoms with E-state index in [1.165, 1.54) is 5.56 Å². The Morgan fingerprint density at radius 3 is 2.31 bits per heavy atom. The maximum absolute atomic E-state index is 5.35. The van der Waals surface area contributed by atoms with Gasteiger partial charge >= 0.3 is 9.28 Å². The quantitative estimate of drug-likeness (QED) is 0.728. The van der Waals surface area contributed by atoms with Crippen LogP contribution in [0.1, 0.15) is 5.56 Å². The highest BCUT2D eigenvalue weighted by Gasteiger charge is 2.17. The van der Waals surface area contributed by atoms with Gasteiger partial charge in [0.05, 0.1) is 0 Å². The molecule has 1 atom stereocenters. The van der Waals surface area contributed by atoms with Crippen LogP contribution in [0.4, 0.5) is 0 Å². The molecule has 0 amide bonds. The van der Waals surface area contributed by atoms with Crippen LogP contribution in [-0.2, 0) is 15.3 Å². The van der Waals surface area contributed by atoms with Crippen molar-refractivity contribution in [2.45, 2.75) is 18.5 Å². The van der Waals surface area contributed by atoms with Gasteiger partial charge in [-0.3, -0.25) is 0 Å². The predicted octanol–water partition coefficient (Wildman–Crippen LogP) is 1.33. The maximum Gasteiger partial charge on any atom is 0.322 e. The van der Waals surface area contributed by atoms with Crippen molar-refractivity contribution in [3.8, 4) is 0 Å². The molecule has 0 saturated heterocycles. The van der Waals surface area contributed by atoms with Gasteiger partial charge in [0.1, 0.15) is 0 Å². The number of benzene rings is 1. The van der Waals surface area contributed by atoms with Crippen LogP contribution in [-0.4, -0.2) is 36.6 Å². The number of hydrogen-bond acceptors (Lipinski definition) is 3. The highest BCUT2D eigenvalue weighted by molar-refractivity contribution is 6.44. The van der Waals surface area contributed by atoms with Crippen LogP contribution in [0.3, 0.4) is 0 Å². The molecule has 1 aromatic rings. The Labute approximate surface area is 99.6 Å². The molecule has 0 aliphatic rings. The summed E-state index contributed by atoms with van der Waals surface area (Å²) in [6.07, 6.45) is 1.02. The highest BCUT2D eigenvalue weighted by Crippen LogP contribution is 2.08. The molecule has 0 aliphatic heterocycles. The molecule has 0 radical (unpaired) electrons. The normalized spacial score (nSPS) is 13.0. The van der Waals surface area contributed by atoms with Crippen LogP contribution in [0.15, 0.2) is 30.3 Å². The molecule has 3 nitrogen and oxygen atoms in total. The molecule has 90 valence electrons. The molecule has 0 spiro atoms. The molecule has 0 saturated carbocycles. The highest BCUT2D eigenvalue weighted by atomic mass is 28.3. The Bertz CT molecular complexity index is 278. The fraction of sp³-hybridized carbons (Fsp3) is 0.500. The minimum Gasteiger partial charge on any atom is -0.400 e. The molecule has 0 bridgehead atoms. The van der Waals surface area contributed by atoms with Gasteiger partial charge in [-0.2, -0.15) is 0 Å². The monoisotopic (exact) mass is 239 g/mol. The molecule has 1 N–H and O–H groups in total. The van der Waals surface area contributed by atoms with E-state index in [0.29, 0.717) is 6.04 Å². The first-order chi connectivity index (χ1) is 7.80. The molecule has 1 aromatic carbocycles. The third-order valence-electron chi connectivity index (χ3n) is 2.74. The van der Waals surface area contributed by atoms with Crippen molar-refractivity contribution < 1.29 is 8.85 Å². The van der Waals surface area contributed by atoms with Crippen LogP contribution >= 0.6 is 0 Å². The first-order valence-electron chi connectivity index (χ1n) is 5.57. The summed E-state index contributed by atoms with van der Waals surface area (Å²) in [7, 11) is 3.98. The zero-order valence-electron chi connectivity index (χ0n) is 10.3. The molecule has 1 unspecified atom stereocenters. The summed E-state index contributed by atoms with van der Waals surface area (Å²) in [6, 6.07) is 11.9. The van der Waals surface area contributed by atoms with E-state index in [-0.39, 0.29) is 0 Å². The lowest BCUT2D eigenvalue weighted by Gasteiger charge is -2.19. The number of rotatable bonds is 7. The van der Waals surface area contributed by atoms with E-state index in [4.69, 9.17) is 8.85 Å². The fourth-order valence-electron chi connectivity index (χ4n) is 1.72. The Morgan fingerprint density at radius 2 is 1.81 bits per heavy atom. The largest absolute Gasteiger partial charge is 0.400 e. The summed E-state index contributed by atoms with van der Waals surface area (Å²) >= 11 is 0. The van der Waals surface area contributed by atoms with Gasteiger partial charge in [0.25, 0.3) is 0 Å². The summed E-state index contributed by atoms with van der Waals surface area (Å²) in [6.45, 7) is 0. The van der Waals surface area contributed by atoms with Gasteiger partial charge in [-0.1, -0.05) is 30.3 Å². The van der Waals surface area contributed by atoms with Crippen LogP contribution < -0.4 is 5.32 Å². The lowest BCUT2D eigenvalue weighted by Crippen LogP contribution is -2.34. The van der Waals surface area contributed by atoms with Crippen molar-refractivity contribution in [1.29, 1.82) is 0 Å². The topological polar surface area (TPSA) is 30.5 Å².